The molecule has 0 aromatic carbocycles. The molecule has 0 N–H and O–H groups in total. The molecule has 0 aromatic rings. The Balaban J connectivity index is 2.95. The van der Waals surface area contributed by atoms with E-state index in [0.29, 0.717) is 12.3 Å². The molecule has 0 bridgehead atoms. The van der Waals surface area contributed by atoms with Gasteiger partial charge in [0.1, 0.15) is 0 Å². The molecule has 0 rings (SSSR count). The zero-order chi connectivity index (χ0) is 5.86. The second kappa shape index (κ2) is 3.00. The lowest BCUT2D eigenvalue weighted by Crippen LogP contribution is -1.97. The van der Waals surface area contributed by atoms with E-state index in [-0.39, 0.29) is 0 Å². The maximum atomic E-state index is 12.0. The first-order valence-corrected chi connectivity index (χ1v) is 2.77. The first-order valence-electron chi connectivity index (χ1n) is 2.77. The van der Waals surface area contributed by atoms with Crippen molar-refractivity contribution in [3.8, 4) is 0 Å². The fourth-order valence-electron chi connectivity index (χ4n) is 0.650. The van der Waals surface area contributed by atoms with Crippen LogP contribution in [-0.2, 0) is 0 Å². The third-order valence-corrected chi connectivity index (χ3v) is 0.796. The van der Waals surface area contributed by atoms with Crippen LogP contribution < -0.4 is 0 Å². The van der Waals surface area contributed by atoms with Crippen LogP contribution in [-0.4, -0.2) is 6.17 Å². The molecule has 44 valence electrons. The molecule has 0 saturated heterocycles. The van der Waals surface area contributed by atoms with Gasteiger partial charge >= 0.3 is 0 Å². The lowest BCUT2D eigenvalue weighted by molar-refractivity contribution is 0.306. The van der Waals surface area contributed by atoms with Crippen molar-refractivity contribution in [2.24, 2.45) is 5.92 Å². The van der Waals surface area contributed by atoms with E-state index in [2.05, 4.69) is 0 Å². The fraction of sp³-hybridized carbons (Fsp3) is 1.00. The summed E-state index contributed by atoms with van der Waals surface area (Å²) in [7, 11) is 0. The number of hydrogen-bond acceptors (Lipinski definition) is 0. The summed E-state index contributed by atoms with van der Waals surface area (Å²) in [4.78, 5) is 0. The number of hydrogen-bond donors (Lipinski definition) is 0. The van der Waals surface area contributed by atoms with Crippen molar-refractivity contribution in [2.45, 2.75) is 33.4 Å². The van der Waals surface area contributed by atoms with E-state index in [1.807, 2.05) is 13.8 Å². The van der Waals surface area contributed by atoms with Crippen molar-refractivity contribution < 1.29 is 4.39 Å². The highest BCUT2D eigenvalue weighted by atomic mass is 18.2. The Kier molecular flexibility index (Phi) is 2.97. The molecule has 0 saturated carbocycles. The summed E-state index contributed by atoms with van der Waals surface area (Å²) in [6.45, 7) is 5.64. The van der Waals surface area contributed by atoms with Crippen LogP contribution >= 0.6 is 0 Å². The average molecular weight is 103 g/mol. The van der Waals surface area contributed by atoms with E-state index in [9.17, 15) is 4.39 Å². The van der Waals surface area contributed by atoms with Gasteiger partial charge in [0.25, 0.3) is 0 Å². The van der Waals surface area contributed by atoms with Crippen molar-refractivity contribution in [3.05, 3.63) is 0 Å². The molecule has 0 heterocycles. The topological polar surface area (TPSA) is 0 Å². The van der Waals surface area contributed by atoms with Crippen LogP contribution in [0.1, 0.15) is 27.2 Å². The molecule has 0 spiro atoms. The van der Waals surface area contributed by atoms with Gasteiger partial charge in [0.2, 0.25) is 0 Å². The van der Waals surface area contributed by atoms with Crippen LogP contribution in [0.5, 0.6) is 0 Å². The van der Waals surface area contributed by atoms with Gasteiger partial charge in [-0.1, -0.05) is 13.8 Å². The maximum Gasteiger partial charge on any atom is 0.0976 e. The normalized spacial score (nSPS) is 15.0. The van der Waals surface area contributed by atoms with Crippen LogP contribution in [0.2, 0.25) is 0 Å². The molecule has 0 radical (unpaired) electrons. The van der Waals surface area contributed by atoms with Gasteiger partial charge < -0.3 is 0 Å². The summed E-state index contributed by atoms with van der Waals surface area (Å²) in [5.74, 6) is 0.500. The Morgan fingerprint density at radius 1 is 1.29 bits per heavy atom. The van der Waals surface area contributed by atoms with Crippen molar-refractivity contribution in [2.75, 3.05) is 0 Å². The number of rotatable bonds is 2. The first-order chi connectivity index (χ1) is 3.13. The Hall–Kier alpha value is -0.0700. The Labute approximate surface area is 44.7 Å². The minimum absolute atomic E-state index is 0.500. The first kappa shape index (κ1) is 6.93. The summed E-state index contributed by atoms with van der Waals surface area (Å²) in [5.41, 5.74) is 0. The lowest BCUT2D eigenvalue weighted by atomic mass is 10.1. The van der Waals surface area contributed by atoms with Crippen molar-refractivity contribution in [1.29, 1.82) is 0 Å². The average Bonchev–Trinajstić information content (AvgIpc) is 1.27. The SMILES string of the molecule is CC(C)C[C@H](C)[18F]. The van der Waals surface area contributed by atoms with Gasteiger partial charge in [0.15, 0.2) is 0 Å². The maximum absolute atomic E-state index is 12.0. The monoisotopic (exact) mass is 103 g/mol. The van der Waals surface area contributed by atoms with Gasteiger partial charge in [-0.05, 0) is 19.3 Å². The highest BCUT2D eigenvalue weighted by Crippen LogP contribution is 2.05. The third kappa shape index (κ3) is 5.93. The second-order valence-corrected chi connectivity index (χ2v) is 2.41. The van der Waals surface area contributed by atoms with Crippen molar-refractivity contribution in [1.82, 2.24) is 0 Å². The fourth-order valence-corrected chi connectivity index (χ4v) is 0.650. The van der Waals surface area contributed by atoms with Gasteiger partial charge in [0.05, 0.1) is 6.17 Å². The van der Waals surface area contributed by atoms with E-state index in [1.54, 1.807) is 6.92 Å². The molecule has 0 amide bonds. The molecule has 0 fully saturated rings. The summed E-state index contributed by atoms with van der Waals surface area (Å²) >= 11 is 0. The van der Waals surface area contributed by atoms with Gasteiger partial charge in [0, 0.05) is 0 Å². The summed E-state index contributed by atoms with van der Waals surface area (Å²) < 4.78 is 12.0. The zero-order valence-electron chi connectivity index (χ0n) is 5.24. The Morgan fingerprint density at radius 3 is 1.71 bits per heavy atom. The minimum atomic E-state index is -0.625. The zero-order valence-corrected chi connectivity index (χ0v) is 5.24. The van der Waals surface area contributed by atoms with Gasteiger partial charge in [-0.25, -0.2) is 4.39 Å². The standard InChI is InChI=1S/C6H13F/c1-5(2)4-6(3)7/h5-6H,4H2,1-3H3/t6-/m0/s1/i7-1. The quantitative estimate of drug-likeness (QED) is 0.503. The largest absolute Gasteiger partial charge is 0.248 e. The molecule has 0 nitrogen and oxygen atoms in total. The van der Waals surface area contributed by atoms with Gasteiger partial charge in [-0.15, -0.1) is 0 Å². The number of alkyl halides is 1. The van der Waals surface area contributed by atoms with Crippen LogP contribution in [0.15, 0.2) is 0 Å². The minimum Gasteiger partial charge on any atom is -0.248 e. The molecule has 7 heavy (non-hydrogen) atoms. The molecule has 1 heteroatoms. The van der Waals surface area contributed by atoms with E-state index < -0.39 is 6.17 Å². The summed E-state index contributed by atoms with van der Waals surface area (Å²) in [5, 5.41) is 0. The van der Waals surface area contributed by atoms with Crippen LogP contribution in [0.25, 0.3) is 0 Å². The second-order valence-electron chi connectivity index (χ2n) is 2.41. The molecular weight excluding hydrogens is 90.1 g/mol. The Morgan fingerprint density at radius 2 is 1.71 bits per heavy atom. The van der Waals surface area contributed by atoms with Gasteiger partial charge in [-0.2, -0.15) is 0 Å². The molecular formula is C6H13F. The van der Waals surface area contributed by atoms with Gasteiger partial charge in [-0.3, -0.25) is 0 Å². The predicted octanol–water partition coefficient (Wildman–Crippen LogP) is 2.39. The van der Waals surface area contributed by atoms with Crippen molar-refractivity contribution >= 4 is 0 Å². The van der Waals surface area contributed by atoms with Crippen LogP contribution in [0.4, 0.5) is 4.39 Å². The summed E-state index contributed by atoms with van der Waals surface area (Å²) in [6, 6.07) is 0. The summed E-state index contributed by atoms with van der Waals surface area (Å²) in [6.07, 6.45) is 0.0694. The third-order valence-electron chi connectivity index (χ3n) is 0.796. The van der Waals surface area contributed by atoms with E-state index in [1.165, 1.54) is 0 Å². The number of halogens is 1. The predicted molar refractivity (Wildman–Crippen MR) is 30.0 cm³/mol. The van der Waals surface area contributed by atoms with Crippen molar-refractivity contribution in [3.63, 3.8) is 0 Å². The van der Waals surface area contributed by atoms with E-state index >= 15 is 0 Å². The highest BCUT2D eigenvalue weighted by molar-refractivity contribution is 4.49. The lowest BCUT2D eigenvalue weighted by Gasteiger charge is -2.02. The van der Waals surface area contributed by atoms with Crippen LogP contribution in [0, 0.1) is 5.92 Å². The highest BCUT2D eigenvalue weighted by Gasteiger charge is 1.99. The Bertz CT molecular complexity index is 33.4. The molecule has 1 atom stereocenters. The smallest absolute Gasteiger partial charge is 0.0976 e. The molecule has 0 aliphatic rings. The molecule has 0 unspecified atom stereocenters. The van der Waals surface area contributed by atoms with E-state index in [0.717, 1.165) is 0 Å². The van der Waals surface area contributed by atoms with E-state index in [4.69, 9.17) is 0 Å². The molecule has 0 aliphatic heterocycles. The molecule has 0 aromatic heterocycles. The molecule has 0 aliphatic carbocycles. The van der Waals surface area contributed by atoms with Crippen LogP contribution in [0.3, 0.4) is 0 Å².